The Morgan fingerprint density at radius 2 is 1.74 bits per heavy atom. The lowest BCUT2D eigenvalue weighted by molar-refractivity contribution is -0.123. The minimum atomic E-state index is -3.02. The van der Waals surface area contributed by atoms with Gasteiger partial charge in [-0.3, -0.25) is 4.79 Å². The van der Waals surface area contributed by atoms with E-state index in [1.165, 1.54) is 23.5 Å². The average molecular weight is 554 g/mol. The largest absolute Gasteiger partial charge is 0.346 e. The molecule has 2 atom stereocenters. The summed E-state index contributed by atoms with van der Waals surface area (Å²) in [5.74, 6) is -1.21. The molecule has 1 amide bonds. The van der Waals surface area contributed by atoms with Gasteiger partial charge in [-0.2, -0.15) is 4.28 Å². The zero-order chi connectivity index (χ0) is 26.9. The third-order valence-electron chi connectivity index (χ3n) is 6.03. The second-order valence-electron chi connectivity index (χ2n) is 8.71. The molecule has 0 radical (unpaired) electrons. The van der Waals surface area contributed by atoms with E-state index in [-0.39, 0.29) is 5.91 Å². The van der Waals surface area contributed by atoms with Crippen LogP contribution in [0.4, 0.5) is 10.1 Å². The van der Waals surface area contributed by atoms with Crippen molar-refractivity contribution in [3.63, 3.8) is 0 Å². The van der Waals surface area contributed by atoms with Gasteiger partial charge >= 0.3 is 0 Å². The molecule has 0 aliphatic heterocycles. The van der Waals surface area contributed by atoms with Crippen LogP contribution in [0.1, 0.15) is 46.3 Å². The predicted octanol–water partition coefficient (Wildman–Crippen LogP) is 5.14. The number of rotatable bonds is 12. The summed E-state index contributed by atoms with van der Waals surface area (Å²) >= 11 is 1.49. The molecule has 0 aliphatic carbocycles. The maximum Gasteiger partial charge on any atom is 0.277 e. The maximum absolute atomic E-state index is 14.1. The van der Waals surface area contributed by atoms with Crippen molar-refractivity contribution in [1.82, 2.24) is 10.3 Å². The fourth-order valence-electron chi connectivity index (χ4n) is 4.09. The van der Waals surface area contributed by atoms with E-state index in [4.69, 9.17) is 4.98 Å². The Morgan fingerprint density at radius 1 is 1.00 bits per heavy atom. The van der Waals surface area contributed by atoms with Crippen LogP contribution in [0.3, 0.4) is 0 Å². The molecule has 0 fully saturated rings. The zero-order valence-electron chi connectivity index (χ0n) is 20.7. The number of halogens is 1. The Balaban J connectivity index is 1.59. The molecular weight excluding hydrogens is 525 g/mol. The lowest BCUT2D eigenvalue weighted by Gasteiger charge is -2.22. The Morgan fingerprint density at radius 3 is 2.39 bits per heavy atom. The molecular formula is C28H28FN3O4S2. The quantitative estimate of drug-likeness (QED) is 0.166. The van der Waals surface area contributed by atoms with Crippen molar-refractivity contribution in [2.24, 2.45) is 0 Å². The summed E-state index contributed by atoms with van der Waals surface area (Å²) in [4.78, 5) is 18.5. The molecule has 0 bridgehead atoms. The van der Waals surface area contributed by atoms with Crippen molar-refractivity contribution in [2.75, 3.05) is 5.48 Å². The van der Waals surface area contributed by atoms with Crippen LogP contribution in [-0.4, -0.2) is 19.3 Å². The molecule has 1 heterocycles. The van der Waals surface area contributed by atoms with Gasteiger partial charge in [0.2, 0.25) is 5.91 Å². The summed E-state index contributed by atoms with van der Waals surface area (Å²) in [7, 11) is -3.02. The molecule has 10 heteroatoms. The van der Waals surface area contributed by atoms with Crippen molar-refractivity contribution in [1.29, 1.82) is 0 Å². The highest BCUT2D eigenvalue weighted by Gasteiger charge is 2.26. The minimum absolute atomic E-state index is 0.219. The summed E-state index contributed by atoms with van der Waals surface area (Å²) in [5, 5.41) is 5.94. The van der Waals surface area contributed by atoms with E-state index >= 15 is 0 Å². The highest BCUT2D eigenvalue weighted by molar-refractivity contribution is 7.67. The minimum Gasteiger partial charge on any atom is -0.346 e. The van der Waals surface area contributed by atoms with Crippen LogP contribution in [0.15, 0.2) is 84.2 Å². The van der Waals surface area contributed by atoms with E-state index in [1.54, 1.807) is 24.3 Å². The molecule has 0 saturated carbocycles. The second-order valence-corrected chi connectivity index (χ2v) is 10.2. The van der Waals surface area contributed by atoms with Gasteiger partial charge in [-0.25, -0.2) is 23.3 Å². The molecule has 0 unspecified atom stereocenters. The Kier molecular flexibility index (Phi) is 9.58. The number of anilines is 1. The molecule has 1 aromatic heterocycles. The number of carbonyl (C=O) groups excluding carboxylic acids is 1. The second kappa shape index (κ2) is 13.3. The molecule has 4 rings (SSSR count). The van der Waals surface area contributed by atoms with Crippen molar-refractivity contribution >= 4 is 33.9 Å². The molecule has 0 spiro atoms. The molecule has 2 N–H and O–H groups in total. The Hall–Kier alpha value is -3.60. The lowest BCUT2D eigenvalue weighted by Crippen LogP contribution is -2.35. The van der Waals surface area contributed by atoms with Gasteiger partial charge in [0.15, 0.2) is 0 Å². The topological polar surface area (TPSA) is 97.4 Å². The third kappa shape index (κ3) is 7.70. The highest BCUT2D eigenvalue weighted by Crippen LogP contribution is 2.27. The number of carbonyl (C=O) groups is 1. The van der Waals surface area contributed by atoms with Crippen LogP contribution in [0, 0.1) is 5.82 Å². The van der Waals surface area contributed by atoms with E-state index in [2.05, 4.69) is 15.1 Å². The van der Waals surface area contributed by atoms with Gasteiger partial charge in [-0.15, -0.1) is 11.3 Å². The van der Waals surface area contributed by atoms with Gasteiger partial charge in [-0.1, -0.05) is 61.5 Å². The van der Waals surface area contributed by atoms with E-state index in [1.807, 2.05) is 54.8 Å². The zero-order valence-corrected chi connectivity index (χ0v) is 22.4. The molecule has 198 valence electrons. The number of thiol groups is 1. The Bertz CT molecular complexity index is 1420. The van der Waals surface area contributed by atoms with Crippen LogP contribution in [-0.2, 0) is 39.3 Å². The number of hydrogen-bond acceptors (Lipinski definition) is 7. The summed E-state index contributed by atoms with van der Waals surface area (Å²) in [6, 6.07) is 22.4. The van der Waals surface area contributed by atoms with Gasteiger partial charge in [0.1, 0.15) is 10.8 Å². The van der Waals surface area contributed by atoms with Gasteiger partial charge in [0.25, 0.3) is 11.0 Å². The first kappa shape index (κ1) is 27.4. The van der Waals surface area contributed by atoms with Crippen molar-refractivity contribution in [2.45, 2.75) is 38.1 Å². The van der Waals surface area contributed by atoms with E-state index < -0.39 is 28.8 Å². The summed E-state index contributed by atoms with van der Waals surface area (Å²) < 4.78 is 39.9. The fraction of sp³-hybridized carbons (Fsp3) is 0.214. The number of nitrogens with one attached hydrogen (secondary N) is 2. The van der Waals surface area contributed by atoms with Gasteiger partial charge in [0.05, 0.1) is 23.3 Å². The van der Waals surface area contributed by atoms with Crippen molar-refractivity contribution < 1.29 is 21.9 Å². The van der Waals surface area contributed by atoms with Crippen molar-refractivity contribution in [3.8, 4) is 0 Å². The number of aryl methyl sites for hydroxylation is 1. The smallest absolute Gasteiger partial charge is 0.277 e. The monoisotopic (exact) mass is 553 g/mol. The number of benzene rings is 3. The molecule has 4 aromatic rings. The molecule has 0 saturated heterocycles. The first-order valence-corrected chi connectivity index (χ1v) is 14.1. The summed E-state index contributed by atoms with van der Waals surface area (Å²) in [6.07, 6.45) is 1.66. The number of hydrogen-bond donors (Lipinski definition) is 3. The number of nitrogens with zero attached hydrogens (tertiary/aromatic N) is 1. The van der Waals surface area contributed by atoms with E-state index in [0.717, 1.165) is 28.2 Å². The van der Waals surface area contributed by atoms with Crippen LogP contribution in [0.2, 0.25) is 0 Å². The first-order chi connectivity index (χ1) is 18.4. The van der Waals surface area contributed by atoms with Crippen LogP contribution < -0.4 is 10.8 Å². The lowest BCUT2D eigenvalue weighted by atomic mass is 9.90. The van der Waals surface area contributed by atoms with Crippen LogP contribution in [0.5, 0.6) is 0 Å². The maximum atomic E-state index is 14.1. The Labute approximate surface area is 226 Å². The van der Waals surface area contributed by atoms with Crippen LogP contribution in [0.25, 0.3) is 0 Å². The van der Waals surface area contributed by atoms with Gasteiger partial charge in [0, 0.05) is 5.38 Å². The predicted molar refractivity (Wildman–Crippen MR) is 147 cm³/mol. The fourth-order valence-corrected chi connectivity index (χ4v) is 5.22. The summed E-state index contributed by atoms with van der Waals surface area (Å²) in [6.45, 7) is 2.02. The number of thiazole rings is 1. The van der Waals surface area contributed by atoms with E-state index in [0.29, 0.717) is 24.1 Å². The SMILES string of the molecule is CCc1csc([C@H](Cc2ccc(NO[SH](=O)=O)cc2)NC(=O)[C@@H](Cc2ccccc2)c2cccc(F)c2)n1. The standard InChI is InChI=1S/C28H28FN3O4S2/c1-2-23-18-37-28(30-23)26(16-20-11-13-24(14-12-20)32-36-38(34)35)31-27(33)25(15-19-7-4-3-5-8-19)21-9-6-10-22(29)17-21/h3-14,17-18,25-26,32,38H,2,15-16H2,1H3,(H,31,33)/t25-,26-/m0/s1. The van der Waals surface area contributed by atoms with Crippen LogP contribution >= 0.6 is 11.3 Å². The van der Waals surface area contributed by atoms with Gasteiger partial charge in [-0.05, 0) is 60.2 Å². The third-order valence-corrected chi connectivity index (χ3v) is 7.28. The normalized spacial score (nSPS) is 12.7. The van der Waals surface area contributed by atoms with E-state index in [9.17, 15) is 17.6 Å². The molecule has 38 heavy (non-hydrogen) atoms. The van der Waals surface area contributed by atoms with Gasteiger partial charge < -0.3 is 5.32 Å². The van der Waals surface area contributed by atoms with Crippen molar-refractivity contribution in [3.05, 3.63) is 117 Å². The summed E-state index contributed by atoms with van der Waals surface area (Å²) in [5.41, 5.74) is 6.26. The highest BCUT2D eigenvalue weighted by atomic mass is 32.2. The number of aromatic nitrogens is 1. The molecule has 3 aromatic carbocycles. The molecule has 7 nitrogen and oxygen atoms in total. The first-order valence-electron chi connectivity index (χ1n) is 12.1. The molecule has 0 aliphatic rings. The average Bonchev–Trinajstić information content (AvgIpc) is 3.41. The number of amides is 1.